The minimum absolute atomic E-state index is 0.0489. The van der Waals surface area contributed by atoms with E-state index < -0.39 is 18.0 Å². The summed E-state index contributed by atoms with van der Waals surface area (Å²) in [6.07, 6.45) is 1.68. The molecule has 1 aliphatic rings. The molecule has 260 valence electrons. The number of carboxylic acids is 1. The Bertz CT molecular complexity index is 2310. The van der Waals surface area contributed by atoms with Crippen molar-refractivity contribution in [3.05, 3.63) is 149 Å². The number of fused-ring (bicyclic) bond motifs is 1. The molecular weight excluding hydrogens is 692 g/mol. The molecule has 12 heteroatoms. The molecule has 1 aromatic heterocycles. The SMILES string of the molecule is CCOC(=O)C1=C(c2ccccc2)N=c2s/c(=C/c3cc(Cl)c(OCc4cccc(C(=O)O)c4)c(OC)c3)c(=O)n2[C@H]1c1ccc(OCC)cc1. The summed E-state index contributed by atoms with van der Waals surface area (Å²) in [5.41, 5.74) is 3.02. The molecule has 0 saturated heterocycles. The van der Waals surface area contributed by atoms with E-state index in [0.29, 0.717) is 55.4 Å². The van der Waals surface area contributed by atoms with Gasteiger partial charge in [-0.1, -0.05) is 77.5 Å². The lowest BCUT2D eigenvalue weighted by Gasteiger charge is -2.26. The van der Waals surface area contributed by atoms with Gasteiger partial charge in [0.2, 0.25) is 0 Å². The van der Waals surface area contributed by atoms with Crippen LogP contribution in [0, 0.1) is 0 Å². The number of hydrogen-bond acceptors (Lipinski definition) is 9. The van der Waals surface area contributed by atoms with Crippen LogP contribution in [0.1, 0.15) is 52.5 Å². The first-order chi connectivity index (χ1) is 24.7. The maximum atomic E-state index is 14.3. The fraction of sp³-hybridized carbons (Fsp3) is 0.179. The number of thiazole rings is 1. The number of aromatic nitrogens is 1. The fourth-order valence-electron chi connectivity index (χ4n) is 5.73. The van der Waals surface area contributed by atoms with Crippen molar-refractivity contribution in [2.24, 2.45) is 4.99 Å². The van der Waals surface area contributed by atoms with Gasteiger partial charge in [0.15, 0.2) is 16.3 Å². The number of methoxy groups -OCH3 is 1. The number of aromatic carboxylic acids is 1. The van der Waals surface area contributed by atoms with E-state index >= 15 is 0 Å². The molecule has 5 aromatic rings. The van der Waals surface area contributed by atoms with Gasteiger partial charge in [0.25, 0.3) is 5.56 Å². The number of benzene rings is 4. The minimum Gasteiger partial charge on any atom is -0.494 e. The van der Waals surface area contributed by atoms with Crippen LogP contribution in [0.4, 0.5) is 0 Å². The molecule has 2 heterocycles. The zero-order valence-electron chi connectivity index (χ0n) is 27.9. The molecule has 0 fully saturated rings. The van der Waals surface area contributed by atoms with Gasteiger partial charge < -0.3 is 24.1 Å². The topological polar surface area (TPSA) is 126 Å². The Labute approximate surface area is 302 Å². The van der Waals surface area contributed by atoms with Crippen molar-refractivity contribution in [2.75, 3.05) is 20.3 Å². The van der Waals surface area contributed by atoms with Crippen molar-refractivity contribution in [1.82, 2.24) is 4.57 Å². The molecule has 4 aromatic carbocycles. The van der Waals surface area contributed by atoms with Crippen LogP contribution >= 0.6 is 22.9 Å². The molecule has 0 amide bonds. The van der Waals surface area contributed by atoms with Gasteiger partial charge in [0, 0.05) is 5.56 Å². The van der Waals surface area contributed by atoms with Gasteiger partial charge in [-0.05, 0) is 73.0 Å². The van der Waals surface area contributed by atoms with E-state index in [9.17, 15) is 19.5 Å². The largest absolute Gasteiger partial charge is 0.494 e. The summed E-state index contributed by atoms with van der Waals surface area (Å²) in [6, 6.07) is 25.5. The standard InChI is InChI=1S/C39H33ClN2O8S/c1-4-48-28-16-14-26(15-17-28)34-32(38(46)49-5-2)33(25-11-7-6-8-12-25)41-39-42(34)36(43)31(51-39)21-24-19-29(40)35(30(20-24)47-3)50-22-23-10-9-13-27(18-23)37(44)45/h6-21,34H,4-5,22H2,1-3H3,(H,44,45)/b31-21+/t34-/m0/s1. The molecular formula is C39H33ClN2O8S. The molecule has 0 saturated carbocycles. The van der Waals surface area contributed by atoms with Gasteiger partial charge in [-0.15, -0.1) is 0 Å². The quantitative estimate of drug-likeness (QED) is 0.149. The van der Waals surface area contributed by atoms with Gasteiger partial charge in [0.1, 0.15) is 12.4 Å². The average Bonchev–Trinajstić information content (AvgIpc) is 3.45. The van der Waals surface area contributed by atoms with Crippen LogP contribution in [0.15, 0.2) is 106 Å². The van der Waals surface area contributed by atoms with E-state index in [1.54, 1.807) is 49.4 Å². The number of nitrogens with zero attached hydrogens (tertiary/aromatic N) is 2. The zero-order valence-corrected chi connectivity index (χ0v) is 29.5. The average molecular weight is 725 g/mol. The Morgan fingerprint density at radius 2 is 1.73 bits per heavy atom. The Hall–Kier alpha value is -5.65. The van der Waals surface area contributed by atoms with E-state index in [4.69, 9.17) is 35.5 Å². The second kappa shape index (κ2) is 15.5. The first kappa shape index (κ1) is 35.2. The molecule has 0 radical (unpaired) electrons. The predicted octanol–water partition coefficient (Wildman–Crippen LogP) is 6.27. The van der Waals surface area contributed by atoms with Gasteiger partial charge >= 0.3 is 11.9 Å². The molecule has 0 spiro atoms. The predicted molar refractivity (Wildman–Crippen MR) is 194 cm³/mol. The van der Waals surface area contributed by atoms with Crippen molar-refractivity contribution in [2.45, 2.75) is 26.5 Å². The van der Waals surface area contributed by atoms with Crippen molar-refractivity contribution in [3.63, 3.8) is 0 Å². The summed E-state index contributed by atoms with van der Waals surface area (Å²) in [5.74, 6) is -0.373. The third-order valence-corrected chi connectivity index (χ3v) is 9.25. The van der Waals surface area contributed by atoms with Crippen LogP contribution in [0.2, 0.25) is 5.02 Å². The Morgan fingerprint density at radius 1 is 0.961 bits per heavy atom. The van der Waals surface area contributed by atoms with E-state index in [1.165, 1.54) is 35.1 Å². The Morgan fingerprint density at radius 3 is 2.41 bits per heavy atom. The third-order valence-electron chi connectivity index (χ3n) is 7.99. The molecule has 0 unspecified atom stereocenters. The normalized spacial score (nSPS) is 14.0. The van der Waals surface area contributed by atoms with E-state index in [-0.39, 0.29) is 40.7 Å². The first-order valence-corrected chi connectivity index (χ1v) is 17.3. The summed E-state index contributed by atoms with van der Waals surface area (Å²) in [6.45, 7) is 4.30. The van der Waals surface area contributed by atoms with Crippen LogP contribution < -0.4 is 29.1 Å². The van der Waals surface area contributed by atoms with Crippen molar-refractivity contribution in [3.8, 4) is 17.2 Å². The maximum Gasteiger partial charge on any atom is 0.338 e. The lowest BCUT2D eigenvalue weighted by molar-refractivity contribution is -0.138. The van der Waals surface area contributed by atoms with E-state index in [1.807, 2.05) is 49.4 Å². The number of esters is 1. The second-order valence-corrected chi connectivity index (χ2v) is 12.7. The Kier molecular flexibility index (Phi) is 10.7. The number of carbonyl (C=O) groups is 2. The van der Waals surface area contributed by atoms with Gasteiger partial charge in [-0.25, -0.2) is 14.6 Å². The number of rotatable bonds is 12. The number of halogens is 1. The number of ether oxygens (including phenoxy) is 4. The van der Waals surface area contributed by atoms with Crippen LogP contribution in [-0.4, -0.2) is 41.9 Å². The van der Waals surface area contributed by atoms with Gasteiger partial charge in [0.05, 0.1) is 52.8 Å². The van der Waals surface area contributed by atoms with Gasteiger partial charge in [-0.2, -0.15) is 0 Å². The summed E-state index contributed by atoms with van der Waals surface area (Å²) < 4.78 is 24.6. The molecule has 1 aliphatic heterocycles. The van der Waals surface area contributed by atoms with E-state index in [2.05, 4.69) is 0 Å². The number of carboxylic acid groups (broad SMARTS) is 1. The van der Waals surface area contributed by atoms with Crippen LogP contribution in [0.25, 0.3) is 11.8 Å². The van der Waals surface area contributed by atoms with E-state index in [0.717, 1.165) is 0 Å². The summed E-state index contributed by atoms with van der Waals surface area (Å²) in [5, 5.41) is 9.56. The molecule has 1 atom stereocenters. The minimum atomic E-state index is -1.04. The molecule has 6 rings (SSSR count). The summed E-state index contributed by atoms with van der Waals surface area (Å²) >= 11 is 7.87. The highest BCUT2D eigenvalue weighted by Gasteiger charge is 2.35. The van der Waals surface area contributed by atoms with Crippen LogP contribution in [-0.2, 0) is 16.1 Å². The monoisotopic (exact) mass is 724 g/mol. The van der Waals surface area contributed by atoms with Crippen LogP contribution in [0.3, 0.4) is 0 Å². The fourth-order valence-corrected chi connectivity index (χ4v) is 7.01. The van der Waals surface area contributed by atoms with Crippen molar-refractivity contribution >= 4 is 46.6 Å². The Balaban J connectivity index is 1.46. The van der Waals surface area contributed by atoms with Gasteiger partial charge in [-0.3, -0.25) is 9.36 Å². The number of carbonyl (C=O) groups excluding carboxylic acids is 1. The highest BCUT2D eigenvalue weighted by Crippen LogP contribution is 2.38. The lowest BCUT2D eigenvalue weighted by atomic mass is 9.93. The molecule has 1 N–H and O–H groups in total. The molecule has 0 aliphatic carbocycles. The molecule has 0 bridgehead atoms. The second-order valence-electron chi connectivity index (χ2n) is 11.3. The third kappa shape index (κ3) is 7.45. The van der Waals surface area contributed by atoms with Crippen molar-refractivity contribution in [1.29, 1.82) is 0 Å². The number of hydrogen-bond donors (Lipinski definition) is 1. The molecule has 51 heavy (non-hydrogen) atoms. The molecule has 10 nitrogen and oxygen atoms in total. The zero-order chi connectivity index (χ0) is 36.1. The first-order valence-electron chi connectivity index (χ1n) is 16.1. The smallest absolute Gasteiger partial charge is 0.338 e. The van der Waals surface area contributed by atoms with Crippen LogP contribution in [0.5, 0.6) is 17.2 Å². The highest BCUT2D eigenvalue weighted by atomic mass is 35.5. The highest BCUT2D eigenvalue weighted by molar-refractivity contribution is 7.07. The summed E-state index contributed by atoms with van der Waals surface area (Å²) in [4.78, 5) is 44.8. The summed E-state index contributed by atoms with van der Waals surface area (Å²) in [7, 11) is 1.47. The maximum absolute atomic E-state index is 14.3. The lowest BCUT2D eigenvalue weighted by Crippen LogP contribution is -2.40. The van der Waals surface area contributed by atoms with Crippen molar-refractivity contribution < 1.29 is 33.6 Å².